The second-order valence-corrected chi connectivity index (χ2v) is 8.27. The van der Waals surface area contributed by atoms with Gasteiger partial charge >= 0.3 is 0 Å². The molecule has 0 aliphatic carbocycles. The summed E-state index contributed by atoms with van der Waals surface area (Å²) in [5.74, 6) is 1.05. The molecule has 0 spiro atoms. The van der Waals surface area contributed by atoms with Gasteiger partial charge in [-0.05, 0) is 43.9 Å². The van der Waals surface area contributed by atoms with Crippen LogP contribution in [0.1, 0.15) is 24.2 Å². The quantitative estimate of drug-likeness (QED) is 0.429. The van der Waals surface area contributed by atoms with Crippen LogP contribution in [-0.4, -0.2) is 39.5 Å². The monoisotopic (exact) mass is 441 g/mol. The predicted molar refractivity (Wildman–Crippen MR) is 130 cm³/mol. The number of pyridine rings is 1. The smallest absolute Gasteiger partial charge is 0.274 e. The summed E-state index contributed by atoms with van der Waals surface area (Å²) in [7, 11) is 5.62. The Balaban J connectivity index is 1.65. The number of hydrogen-bond donors (Lipinski definition) is 1. The molecule has 2 aromatic heterocycles. The van der Waals surface area contributed by atoms with Crippen molar-refractivity contribution >= 4 is 16.5 Å². The fourth-order valence-corrected chi connectivity index (χ4v) is 4.17. The molecule has 2 heterocycles. The largest absolute Gasteiger partial charge is 0.439 e. The van der Waals surface area contributed by atoms with E-state index in [1.165, 1.54) is 4.68 Å². The molecule has 0 bridgehead atoms. The van der Waals surface area contributed by atoms with Gasteiger partial charge in [-0.1, -0.05) is 43.3 Å². The molecule has 0 radical (unpaired) electrons. The number of hydrogen-bond acceptors (Lipinski definition) is 6. The molecule has 0 unspecified atom stereocenters. The summed E-state index contributed by atoms with van der Waals surface area (Å²) in [5, 5.41) is 14.7. The number of rotatable bonds is 7. The molecule has 0 aliphatic heterocycles. The van der Waals surface area contributed by atoms with Gasteiger partial charge in [-0.2, -0.15) is 5.10 Å². The van der Waals surface area contributed by atoms with Crippen LogP contribution in [0.25, 0.3) is 10.8 Å². The second kappa shape index (κ2) is 9.34. The zero-order chi connectivity index (χ0) is 23.5. The Labute approximate surface area is 192 Å². The first kappa shape index (κ1) is 22.4. The number of aromatic nitrogens is 3. The van der Waals surface area contributed by atoms with Gasteiger partial charge in [0.1, 0.15) is 11.4 Å². The van der Waals surface area contributed by atoms with Crippen molar-refractivity contribution in [2.75, 3.05) is 14.1 Å². The molecule has 7 heteroatoms. The van der Waals surface area contributed by atoms with Crippen LogP contribution in [0.4, 0.5) is 0 Å². The predicted octanol–water partition coefficient (Wildman–Crippen LogP) is 4.43. The first-order valence-corrected chi connectivity index (χ1v) is 10.8. The van der Waals surface area contributed by atoms with Gasteiger partial charge < -0.3 is 15.0 Å². The molecule has 0 aliphatic rings. The number of aryl methyl sites for hydroxylation is 1. The molecule has 2 atom stereocenters. The summed E-state index contributed by atoms with van der Waals surface area (Å²) in [6, 6.07) is 20.7. The lowest BCUT2D eigenvalue weighted by atomic mass is 9.87. The summed E-state index contributed by atoms with van der Waals surface area (Å²) in [5.41, 5.74) is 1.80. The van der Waals surface area contributed by atoms with Gasteiger partial charge in [-0.25, -0.2) is 9.67 Å². The first-order chi connectivity index (χ1) is 15.9. The molecule has 7 nitrogen and oxygen atoms in total. The van der Waals surface area contributed by atoms with Crippen molar-refractivity contribution in [2.24, 2.45) is 13.0 Å². The number of nitrogens with zero attached hydrogens (tertiary/aromatic N) is 4. The van der Waals surface area contributed by atoms with Gasteiger partial charge in [-0.15, -0.1) is 0 Å². The summed E-state index contributed by atoms with van der Waals surface area (Å²) < 4.78 is 7.13. The topological polar surface area (TPSA) is 84.1 Å². The van der Waals surface area contributed by atoms with Gasteiger partial charge in [0.15, 0.2) is 0 Å². The molecule has 168 valence electrons. The normalized spacial score (nSPS) is 13.1. The molecule has 0 amide bonds. The van der Waals surface area contributed by atoms with Crippen molar-refractivity contribution in [3.05, 3.63) is 94.5 Å². The highest BCUT2D eigenvalue weighted by atomic mass is 16.5. The van der Waals surface area contributed by atoms with Gasteiger partial charge in [0.2, 0.25) is 5.88 Å². The average Bonchev–Trinajstić information content (AvgIpc) is 2.82. The molecule has 2 aromatic carbocycles. The number of ether oxygens (including phenoxy) is 1. The van der Waals surface area contributed by atoms with Crippen molar-refractivity contribution < 1.29 is 4.74 Å². The second-order valence-electron chi connectivity index (χ2n) is 8.27. The first-order valence-electron chi connectivity index (χ1n) is 10.8. The highest BCUT2D eigenvalue weighted by Gasteiger charge is 2.28. The lowest BCUT2D eigenvalue weighted by molar-refractivity contribution is 0.261. The summed E-state index contributed by atoms with van der Waals surface area (Å²) in [6.07, 6.45) is 1.69. The summed E-state index contributed by atoms with van der Waals surface area (Å²) in [4.78, 5) is 18.8. The van der Waals surface area contributed by atoms with Crippen molar-refractivity contribution in [3.63, 3.8) is 0 Å². The van der Waals surface area contributed by atoms with Crippen LogP contribution in [0.3, 0.4) is 0 Å². The van der Waals surface area contributed by atoms with Crippen LogP contribution in [-0.2, 0) is 7.05 Å². The lowest BCUT2D eigenvalue weighted by Gasteiger charge is -2.31. The number of benzene rings is 2. The van der Waals surface area contributed by atoms with E-state index in [0.717, 1.165) is 5.56 Å². The molecular weight excluding hydrogens is 414 g/mol. The van der Waals surface area contributed by atoms with E-state index in [1.54, 1.807) is 19.3 Å². The zero-order valence-corrected chi connectivity index (χ0v) is 19.2. The Kier molecular flexibility index (Phi) is 6.33. The van der Waals surface area contributed by atoms with Crippen molar-refractivity contribution in [1.29, 1.82) is 5.41 Å². The van der Waals surface area contributed by atoms with Crippen LogP contribution in [0.15, 0.2) is 77.7 Å². The van der Waals surface area contributed by atoms with E-state index in [2.05, 4.69) is 15.0 Å². The lowest BCUT2D eigenvalue weighted by Crippen LogP contribution is -2.32. The molecule has 0 saturated carbocycles. The van der Waals surface area contributed by atoms with Crippen molar-refractivity contribution in [2.45, 2.75) is 13.0 Å². The van der Waals surface area contributed by atoms with Gasteiger partial charge in [-0.3, -0.25) is 4.79 Å². The minimum Gasteiger partial charge on any atom is -0.439 e. The number of nitrogens with one attached hydrogen (secondary N) is 1. The van der Waals surface area contributed by atoms with Crippen LogP contribution in [0.5, 0.6) is 11.6 Å². The van der Waals surface area contributed by atoms with E-state index in [-0.39, 0.29) is 17.5 Å². The fourth-order valence-electron chi connectivity index (χ4n) is 4.17. The fraction of sp³-hybridized carbons (Fsp3) is 0.231. The average molecular weight is 442 g/mol. The maximum Gasteiger partial charge on any atom is 0.274 e. The third kappa shape index (κ3) is 4.54. The molecule has 4 aromatic rings. The van der Waals surface area contributed by atoms with E-state index in [1.807, 2.05) is 81.7 Å². The van der Waals surface area contributed by atoms with Crippen LogP contribution < -0.4 is 10.3 Å². The summed E-state index contributed by atoms with van der Waals surface area (Å²) >= 11 is 0. The molecule has 33 heavy (non-hydrogen) atoms. The van der Waals surface area contributed by atoms with Crippen molar-refractivity contribution in [1.82, 2.24) is 19.7 Å². The van der Waals surface area contributed by atoms with Crippen LogP contribution >= 0.6 is 0 Å². The van der Waals surface area contributed by atoms with Crippen molar-refractivity contribution in [3.8, 4) is 11.6 Å². The van der Waals surface area contributed by atoms with Crippen LogP contribution in [0.2, 0.25) is 0 Å². The Morgan fingerprint density at radius 2 is 1.67 bits per heavy atom. The van der Waals surface area contributed by atoms with E-state index in [4.69, 9.17) is 10.1 Å². The van der Waals surface area contributed by atoms with Crippen LogP contribution in [0, 0.1) is 11.3 Å². The Morgan fingerprint density at radius 1 is 1.00 bits per heavy atom. The third-order valence-corrected chi connectivity index (χ3v) is 5.78. The standard InChI is InChI=1S/C26H27N5O2/c1-17(23(27)24-20-9-5-6-10-21(20)26(32)31(4)29-24)25(30(2)3)18-12-14-19(15-13-18)33-22-11-7-8-16-28-22/h5-17,25,27H,1-4H3/t17-,25-/m1/s1. The Hall–Kier alpha value is -3.84. The molecule has 1 N–H and O–H groups in total. The van der Waals surface area contributed by atoms with E-state index in [0.29, 0.717) is 33.8 Å². The zero-order valence-electron chi connectivity index (χ0n) is 19.2. The number of fused-ring (bicyclic) bond motifs is 1. The minimum atomic E-state index is -0.184. The molecule has 0 saturated heterocycles. The minimum absolute atomic E-state index is 0.0702. The maximum absolute atomic E-state index is 12.5. The SMILES string of the molecule is C[C@H](C(=N)c1nn(C)c(=O)c2ccccc12)[C@H](c1ccc(Oc2ccccn2)cc1)N(C)C. The Morgan fingerprint density at radius 3 is 2.30 bits per heavy atom. The summed E-state index contributed by atoms with van der Waals surface area (Å²) in [6.45, 7) is 2.02. The highest BCUT2D eigenvalue weighted by molar-refractivity contribution is 6.08. The van der Waals surface area contributed by atoms with Gasteiger partial charge in [0.05, 0.1) is 11.1 Å². The molecule has 0 fully saturated rings. The van der Waals surface area contributed by atoms with E-state index >= 15 is 0 Å². The molecular formula is C26H27N5O2. The molecule has 4 rings (SSSR count). The van der Waals surface area contributed by atoms with E-state index in [9.17, 15) is 4.79 Å². The van der Waals surface area contributed by atoms with Gasteiger partial charge in [0.25, 0.3) is 5.56 Å². The Bertz CT molecular complexity index is 1330. The highest BCUT2D eigenvalue weighted by Crippen LogP contribution is 2.32. The van der Waals surface area contributed by atoms with E-state index < -0.39 is 0 Å². The van der Waals surface area contributed by atoms with Gasteiger partial charge in [0, 0.05) is 36.7 Å². The maximum atomic E-state index is 12.5. The third-order valence-electron chi connectivity index (χ3n) is 5.78.